The number of rotatable bonds is 9. The van der Waals surface area contributed by atoms with E-state index in [9.17, 15) is 4.79 Å². The molecule has 0 saturated carbocycles. The van der Waals surface area contributed by atoms with E-state index in [4.69, 9.17) is 26.0 Å². The molecule has 1 saturated heterocycles. The van der Waals surface area contributed by atoms with Gasteiger partial charge in [-0.05, 0) is 42.4 Å². The van der Waals surface area contributed by atoms with Gasteiger partial charge in [-0.1, -0.05) is 44.5 Å². The maximum atomic E-state index is 13.5. The predicted molar refractivity (Wildman–Crippen MR) is 162 cm³/mol. The van der Waals surface area contributed by atoms with Gasteiger partial charge in [0.05, 0.1) is 28.6 Å². The fourth-order valence-corrected chi connectivity index (χ4v) is 5.89. The second-order valence-corrected chi connectivity index (χ2v) is 16.9. The van der Waals surface area contributed by atoms with E-state index in [0.717, 1.165) is 0 Å². The van der Waals surface area contributed by atoms with Crippen molar-refractivity contribution in [2.45, 2.75) is 51.1 Å². The SMILES string of the molecule is CC(C)(C)[Si](C)(C)OC1CN(C[C@H](Oc2ncnc3c2cnn3-c2ccccc2Cl)C(=O)Nc2ccc(C#N)cn2)C1. The highest BCUT2D eigenvalue weighted by molar-refractivity contribution is 6.74. The molecule has 1 aliphatic heterocycles. The molecule has 5 rings (SSSR count). The number of hydrogen-bond acceptors (Lipinski definition) is 9. The van der Waals surface area contributed by atoms with Crippen LogP contribution in [0.4, 0.5) is 5.82 Å². The molecule has 1 aliphatic rings. The Balaban J connectivity index is 1.37. The summed E-state index contributed by atoms with van der Waals surface area (Å²) in [6.45, 7) is 12.8. The van der Waals surface area contributed by atoms with Crippen LogP contribution in [-0.4, -0.2) is 75.7 Å². The molecule has 0 aliphatic carbocycles. The molecule has 4 aromatic rings. The summed E-state index contributed by atoms with van der Waals surface area (Å²) in [5.41, 5.74) is 1.55. The van der Waals surface area contributed by atoms with Crippen molar-refractivity contribution in [3.05, 3.63) is 65.7 Å². The largest absolute Gasteiger partial charge is 0.462 e. The van der Waals surface area contributed by atoms with Crippen LogP contribution in [0.3, 0.4) is 0 Å². The molecule has 11 nitrogen and oxygen atoms in total. The highest BCUT2D eigenvalue weighted by Crippen LogP contribution is 2.38. The number of nitrogens with zero attached hydrogens (tertiary/aromatic N) is 7. The van der Waals surface area contributed by atoms with Crippen molar-refractivity contribution >= 4 is 42.7 Å². The summed E-state index contributed by atoms with van der Waals surface area (Å²) in [5.74, 6) is 0.141. The number of carbonyl (C=O) groups is 1. The summed E-state index contributed by atoms with van der Waals surface area (Å²) in [6, 6.07) is 12.5. The average Bonchev–Trinajstić information content (AvgIpc) is 3.36. The van der Waals surface area contributed by atoms with Gasteiger partial charge in [0.15, 0.2) is 20.1 Å². The molecular formula is C29H33ClN8O3Si. The Bertz CT molecular complexity index is 1620. The lowest BCUT2D eigenvalue weighted by Gasteiger charge is -2.46. The molecule has 1 aromatic carbocycles. The Hall–Kier alpha value is -3.89. The highest BCUT2D eigenvalue weighted by Gasteiger charge is 2.42. The van der Waals surface area contributed by atoms with Crippen LogP contribution in [0.1, 0.15) is 26.3 Å². The third-order valence-electron chi connectivity index (χ3n) is 7.72. The van der Waals surface area contributed by atoms with Gasteiger partial charge >= 0.3 is 0 Å². The smallest absolute Gasteiger partial charge is 0.268 e. The van der Waals surface area contributed by atoms with Gasteiger partial charge in [-0.15, -0.1) is 0 Å². The minimum atomic E-state index is -1.91. The number of pyridine rings is 1. The van der Waals surface area contributed by atoms with E-state index in [-0.39, 0.29) is 17.0 Å². The molecule has 13 heteroatoms. The second-order valence-electron chi connectivity index (χ2n) is 11.8. The Labute approximate surface area is 250 Å². The lowest BCUT2D eigenvalue weighted by Crippen LogP contribution is -2.60. The maximum absolute atomic E-state index is 13.5. The van der Waals surface area contributed by atoms with Crippen LogP contribution in [0.25, 0.3) is 16.7 Å². The zero-order valence-electron chi connectivity index (χ0n) is 24.2. The Kier molecular flexibility index (Phi) is 8.29. The molecule has 1 amide bonds. The summed E-state index contributed by atoms with van der Waals surface area (Å²) in [7, 11) is -1.91. The van der Waals surface area contributed by atoms with Crippen molar-refractivity contribution in [2.24, 2.45) is 0 Å². The molecular weight excluding hydrogens is 572 g/mol. The monoisotopic (exact) mass is 604 g/mol. The van der Waals surface area contributed by atoms with Gasteiger partial charge in [0.1, 0.15) is 23.6 Å². The zero-order chi connectivity index (χ0) is 30.1. The third kappa shape index (κ3) is 6.29. The van der Waals surface area contributed by atoms with Crippen LogP contribution in [0.15, 0.2) is 55.1 Å². The summed E-state index contributed by atoms with van der Waals surface area (Å²) in [5, 5.41) is 17.5. The fraction of sp³-hybridized carbons (Fsp3) is 0.379. The molecule has 218 valence electrons. The molecule has 0 bridgehead atoms. The van der Waals surface area contributed by atoms with Crippen molar-refractivity contribution < 1.29 is 14.0 Å². The quantitative estimate of drug-likeness (QED) is 0.267. The molecule has 0 spiro atoms. The normalized spacial score (nSPS) is 15.2. The summed E-state index contributed by atoms with van der Waals surface area (Å²) < 4.78 is 14.4. The van der Waals surface area contributed by atoms with Crippen LogP contribution in [-0.2, 0) is 9.22 Å². The number of hydrogen-bond donors (Lipinski definition) is 1. The van der Waals surface area contributed by atoms with Crippen molar-refractivity contribution in [3.8, 4) is 17.6 Å². The Morgan fingerprint density at radius 1 is 1.17 bits per heavy atom. The molecule has 3 aromatic heterocycles. The third-order valence-corrected chi connectivity index (χ3v) is 12.6. The number of nitriles is 1. The number of nitrogens with one attached hydrogen (secondary N) is 1. The van der Waals surface area contributed by atoms with Gasteiger partial charge in [0.25, 0.3) is 5.91 Å². The summed E-state index contributed by atoms with van der Waals surface area (Å²) >= 11 is 6.41. The molecule has 0 unspecified atom stereocenters. The molecule has 42 heavy (non-hydrogen) atoms. The minimum absolute atomic E-state index is 0.106. The number of anilines is 1. The first-order chi connectivity index (χ1) is 19.9. The fourth-order valence-electron chi connectivity index (χ4n) is 4.34. The lowest BCUT2D eigenvalue weighted by molar-refractivity contribution is -0.125. The van der Waals surface area contributed by atoms with Gasteiger partial charge in [-0.2, -0.15) is 10.4 Å². The van der Waals surface area contributed by atoms with E-state index in [1.54, 1.807) is 29.1 Å². The first-order valence-electron chi connectivity index (χ1n) is 13.6. The van der Waals surface area contributed by atoms with Crippen molar-refractivity contribution in [2.75, 3.05) is 25.0 Å². The topological polar surface area (TPSA) is 131 Å². The van der Waals surface area contributed by atoms with Crippen molar-refractivity contribution in [3.63, 3.8) is 0 Å². The molecule has 0 radical (unpaired) electrons. The molecule has 1 N–H and O–H groups in total. The van der Waals surface area contributed by atoms with Crippen molar-refractivity contribution in [1.82, 2.24) is 29.6 Å². The van der Waals surface area contributed by atoms with E-state index in [2.05, 4.69) is 64.1 Å². The number of carbonyl (C=O) groups excluding carboxylic acids is 1. The van der Waals surface area contributed by atoms with Gasteiger partial charge in [0.2, 0.25) is 5.88 Å². The molecule has 1 atom stereocenters. The second kappa shape index (κ2) is 11.8. The number of likely N-dealkylation sites (tertiary alicyclic amines) is 1. The standard InChI is InChI=1S/C29H33ClN8O3Si/c1-29(2,3)42(4,5)41-20-15-37(16-20)17-24(27(39)36-25-11-10-19(12-31)13-32-25)40-28-21-14-35-38(26(21)33-18-34-28)23-9-7-6-8-22(23)30/h6-11,13-14,18,20,24H,15-17H2,1-5H3,(H,32,36,39)/t24-/m0/s1. The number of ether oxygens (including phenoxy) is 1. The Morgan fingerprint density at radius 2 is 1.93 bits per heavy atom. The predicted octanol–water partition coefficient (Wildman–Crippen LogP) is 4.83. The maximum Gasteiger partial charge on any atom is 0.268 e. The van der Waals surface area contributed by atoms with Gasteiger partial charge < -0.3 is 14.5 Å². The van der Waals surface area contributed by atoms with Crippen LogP contribution in [0, 0.1) is 11.3 Å². The van der Waals surface area contributed by atoms with Gasteiger partial charge in [-0.25, -0.2) is 19.6 Å². The van der Waals surface area contributed by atoms with E-state index < -0.39 is 20.3 Å². The Morgan fingerprint density at radius 3 is 2.60 bits per heavy atom. The van der Waals surface area contributed by atoms with E-state index >= 15 is 0 Å². The molecule has 4 heterocycles. The first-order valence-corrected chi connectivity index (χ1v) is 16.9. The van der Waals surface area contributed by atoms with E-state index in [0.29, 0.717) is 52.8 Å². The zero-order valence-corrected chi connectivity index (χ0v) is 26.0. The number of para-hydroxylation sites is 1. The van der Waals surface area contributed by atoms with Crippen LogP contribution in [0.5, 0.6) is 5.88 Å². The highest BCUT2D eigenvalue weighted by atomic mass is 35.5. The van der Waals surface area contributed by atoms with Crippen LogP contribution >= 0.6 is 11.6 Å². The lowest BCUT2D eigenvalue weighted by atomic mass is 10.1. The summed E-state index contributed by atoms with van der Waals surface area (Å²) in [6.07, 6.45) is 3.54. The van der Waals surface area contributed by atoms with Crippen molar-refractivity contribution in [1.29, 1.82) is 5.26 Å². The van der Waals surface area contributed by atoms with Gasteiger partial charge in [0, 0.05) is 25.8 Å². The van der Waals surface area contributed by atoms with Crippen LogP contribution in [0.2, 0.25) is 23.2 Å². The minimum Gasteiger partial charge on any atom is -0.462 e. The number of benzene rings is 1. The van der Waals surface area contributed by atoms with E-state index in [1.807, 2.05) is 24.3 Å². The number of fused-ring (bicyclic) bond motifs is 1. The summed E-state index contributed by atoms with van der Waals surface area (Å²) in [4.78, 5) is 28.6. The van der Waals surface area contributed by atoms with Gasteiger partial charge in [-0.3, -0.25) is 9.69 Å². The molecule has 1 fully saturated rings. The van der Waals surface area contributed by atoms with E-state index in [1.165, 1.54) is 12.5 Å². The average molecular weight is 605 g/mol. The first kappa shape index (κ1) is 29.6. The number of halogens is 1. The van der Waals surface area contributed by atoms with Crippen LogP contribution < -0.4 is 10.1 Å². The number of aromatic nitrogens is 5. The number of amides is 1.